The first-order valence-corrected chi connectivity index (χ1v) is 6.71. The molecule has 0 bridgehead atoms. The molecule has 0 N–H and O–H groups in total. The van der Waals surface area contributed by atoms with Crippen LogP contribution in [0.2, 0.25) is 0 Å². The van der Waals surface area contributed by atoms with Gasteiger partial charge in [-0.3, -0.25) is 0 Å². The minimum atomic E-state index is -0.498. The van der Waals surface area contributed by atoms with E-state index >= 15 is 0 Å². The van der Waals surface area contributed by atoms with Crippen LogP contribution in [0.5, 0.6) is 0 Å². The fourth-order valence-electron chi connectivity index (χ4n) is 2.57. The zero-order chi connectivity index (χ0) is 13.8. The lowest BCUT2D eigenvalue weighted by Crippen LogP contribution is -2.52. The molecule has 1 aliphatic carbocycles. The van der Waals surface area contributed by atoms with Gasteiger partial charge >= 0.3 is 6.09 Å². The molecule has 4 nitrogen and oxygen atoms in total. The molecule has 1 amide bonds. The van der Waals surface area contributed by atoms with Crippen molar-refractivity contribution in [3.8, 4) is 0 Å². The highest BCUT2D eigenvalue weighted by Crippen LogP contribution is 2.35. The van der Waals surface area contributed by atoms with Crippen molar-refractivity contribution < 1.29 is 14.3 Å². The van der Waals surface area contributed by atoms with E-state index in [4.69, 9.17) is 4.74 Å². The number of rotatable bonds is 3. The first kappa shape index (κ1) is 15.0. The number of carbonyl (C=O) groups excluding carboxylic acids is 2. The Balaban J connectivity index is 2.78. The second-order valence-corrected chi connectivity index (χ2v) is 6.20. The maximum atomic E-state index is 12.1. The van der Waals surface area contributed by atoms with Crippen LogP contribution in [-0.2, 0) is 9.53 Å². The molecular formula is C14H25NO3. The van der Waals surface area contributed by atoms with E-state index in [-0.39, 0.29) is 11.6 Å². The molecule has 0 aliphatic heterocycles. The van der Waals surface area contributed by atoms with Crippen LogP contribution in [0.4, 0.5) is 4.79 Å². The van der Waals surface area contributed by atoms with Crippen LogP contribution in [0.25, 0.3) is 0 Å². The van der Waals surface area contributed by atoms with Crippen LogP contribution in [-0.4, -0.2) is 35.5 Å². The van der Waals surface area contributed by atoms with E-state index in [2.05, 4.69) is 0 Å². The lowest BCUT2D eigenvalue weighted by Gasteiger charge is -2.43. The Morgan fingerprint density at radius 1 is 1.28 bits per heavy atom. The van der Waals surface area contributed by atoms with Crippen LogP contribution in [0.3, 0.4) is 0 Å². The minimum Gasteiger partial charge on any atom is -0.444 e. The zero-order valence-corrected chi connectivity index (χ0v) is 12.0. The molecule has 0 atom stereocenters. The first-order chi connectivity index (χ1) is 8.31. The third-order valence-corrected chi connectivity index (χ3v) is 3.63. The highest BCUT2D eigenvalue weighted by atomic mass is 16.6. The lowest BCUT2D eigenvalue weighted by molar-refractivity contribution is -0.110. The second kappa shape index (κ2) is 5.72. The average Bonchev–Trinajstić information content (AvgIpc) is 2.27. The number of carbonyl (C=O) groups is 2. The number of nitrogens with zero attached hydrogens (tertiary/aromatic N) is 1. The average molecular weight is 255 g/mol. The summed E-state index contributed by atoms with van der Waals surface area (Å²) in [5, 5.41) is 0. The van der Waals surface area contributed by atoms with Gasteiger partial charge in [0, 0.05) is 13.5 Å². The summed E-state index contributed by atoms with van der Waals surface area (Å²) in [6.45, 7) is 5.56. The van der Waals surface area contributed by atoms with E-state index < -0.39 is 5.60 Å². The smallest absolute Gasteiger partial charge is 0.410 e. The molecule has 0 radical (unpaired) electrons. The zero-order valence-electron chi connectivity index (χ0n) is 12.0. The van der Waals surface area contributed by atoms with Gasteiger partial charge in [-0.05, 0) is 33.6 Å². The van der Waals surface area contributed by atoms with Gasteiger partial charge in [0.2, 0.25) is 0 Å². The molecule has 0 heterocycles. The Hall–Kier alpha value is -1.06. The number of hydrogen-bond acceptors (Lipinski definition) is 3. The summed E-state index contributed by atoms with van der Waals surface area (Å²) in [6, 6.07) is 0. The first-order valence-electron chi connectivity index (χ1n) is 6.71. The van der Waals surface area contributed by atoms with Crippen molar-refractivity contribution >= 4 is 12.4 Å². The summed E-state index contributed by atoms with van der Waals surface area (Å²) >= 11 is 0. The third kappa shape index (κ3) is 3.72. The largest absolute Gasteiger partial charge is 0.444 e. The van der Waals surface area contributed by atoms with Gasteiger partial charge in [-0.1, -0.05) is 19.3 Å². The predicted octanol–water partition coefficient (Wildman–Crippen LogP) is 3.15. The lowest BCUT2D eigenvalue weighted by atomic mass is 9.78. The van der Waals surface area contributed by atoms with Gasteiger partial charge in [-0.15, -0.1) is 0 Å². The summed E-state index contributed by atoms with van der Waals surface area (Å²) in [5.41, 5.74) is -0.829. The molecule has 0 unspecified atom stereocenters. The summed E-state index contributed by atoms with van der Waals surface area (Å²) in [4.78, 5) is 24.7. The maximum Gasteiger partial charge on any atom is 0.410 e. The standard InChI is InChI=1S/C14H25NO3/c1-13(2,3)18-12(17)15(4)14(10-11-16)8-6-5-7-9-14/h11H,5-10H2,1-4H3. The van der Waals surface area contributed by atoms with Crippen molar-refractivity contribution in [3.05, 3.63) is 0 Å². The van der Waals surface area contributed by atoms with Crippen LogP contribution < -0.4 is 0 Å². The SMILES string of the molecule is CN(C(=O)OC(C)(C)C)C1(CC=O)CCCCC1. The van der Waals surface area contributed by atoms with Gasteiger partial charge in [0.25, 0.3) is 0 Å². The molecule has 1 rings (SSSR count). The van der Waals surface area contributed by atoms with E-state index in [0.29, 0.717) is 6.42 Å². The van der Waals surface area contributed by atoms with E-state index in [1.807, 2.05) is 20.8 Å². The Morgan fingerprint density at radius 2 is 1.83 bits per heavy atom. The molecule has 18 heavy (non-hydrogen) atoms. The molecule has 104 valence electrons. The molecule has 1 saturated carbocycles. The Kier molecular flexibility index (Phi) is 4.77. The number of hydrogen-bond donors (Lipinski definition) is 0. The van der Waals surface area contributed by atoms with E-state index in [1.165, 1.54) is 6.42 Å². The monoisotopic (exact) mass is 255 g/mol. The molecule has 0 saturated heterocycles. The van der Waals surface area contributed by atoms with Gasteiger partial charge < -0.3 is 14.4 Å². The normalized spacial score (nSPS) is 19.1. The fourth-order valence-corrected chi connectivity index (χ4v) is 2.57. The summed E-state index contributed by atoms with van der Waals surface area (Å²) in [6.07, 6.45) is 6.11. The molecule has 1 aliphatic rings. The fraction of sp³-hybridized carbons (Fsp3) is 0.857. The quantitative estimate of drug-likeness (QED) is 0.728. The highest BCUT2D eigenvalue weighted by molar-refractivity contribution is 5.70. The predicted molar refractivity (Wildman–Crippen MR) is 70.5 cm³/mol. The van der Waals surface area contributed by atoms with Gasteiger partial charge in [0.15, 0.2) is 0 Å². The molecular weight excluding hydrogens is 230 g/mol. The molecule has 0 aromatic rings. The topological polar surface area (TPSA) is 46.6 Å². The number of aldehydes is 1. The Labute approximate surface area is 110 Å². The molecule has 4 heteroatoms. The van der Waals surface area contributed by atoms with Crippen molar-refractivity contribution in [2.75, 3.05) is 7.05 Å². The number of ether oxygens (including phenoxy) is 1. The van der Waals surface area contributed by atoms with Crippen LogP contribution in [0, 0.1) is 0 Å². The van der Waals surface area contributed by atoms with E-state index in [1.54, 1.807) is 11.9 Å². The van der Waals surface area contributed by atoms with Crippen molar-refractivity contribution in [1.29, 1.82) is 0 Å². The molecule has 1 fully saturated rings. The van der Waals surface area contributed by atoms with Gasteiger partial charge in [-0.2, -0.15) is 0 Å². The van der Waals surface area contributed by atoms with Gasteiger partial charge in [-0.25, -0.2) is 4.79 Å². The summed E-state index contributed by atoms with van der Waals surface area (Å²) in [5.74, 6) is 0. The van der Waals surface area contributed by atoms with Crippen LogP contribution >= 0.6 is 0 Å². The van der Waals surface area contributed by atoms with Crippen molar-refractivity contribution in [1.82, 2.24) is 4.90 Å². The summed E-state index contributed by atoms with van der Waals surface area (Å²) < 4.78 is 5.40. The third-order valence-electron chi connectivity index (χ3n) is 3.63. The Morgan fingerprint density at radius 3 is 2.28 bits per heavy atom. The Bertz CT molecular complexity index is 301. The van der Waals surface area contributed by atoms with Crippen molar-refractivity contribution in [3.63, 3.8) is 0 Å². The number of amides is 1. The van der Waals surface area contributed by atoms with Gasteiger partial charge in [0.1, 0.15) is 11.9 Å². The maximum absolute atomic E-state index is 12.1. The van der Waals surface area contributed by atoms with E-state index in [0.717, 1.165) is 32.0 Å². The summed E-state index contributed by atoms with van der Waals surface area (Å²) in [7, 11) is 1.75. The van der Waals surface area contributed by atoms with Crippen LogP contribution in [0.15, 0.2) is 0 Å². The highest BCUT2D eigenvalue weighted by Gasteiger charge is 2.39. The molecule has 0 spiro atoms. The van der Waals surface area contributed by atoms with Crippen molar-refractivity contribution in [2.45, 2.75) is 70.4 Å². The minimum absolute atomic E-state index is 0.328. The molecule has 0 aromatic carbocycles. The molecule has 0 aromatic heterocycles. The second-order valence-electron chi connectivity index (χ2n) is 6.20. The van der Waals surface area contributed by atoms with Gasteiger partial charge in [0.05, 0.1) is 5.54 Å². The van der Waals surface area contributed by atoms with Crippen molar-refractivity contribution in [2.24, 2.45) is 0 Å². The van der Waals surface area contributed by atoms with Crippen LogP contribution in [0.1, 0.15) is 59.3 Å². The van der Waals surface area contributed by atoms with E-state index in [9.17, 15) is 9.59 Å².